The number of hydrogen-bond acceptors (Lipinski definition) is 6. The van der Waals surface area contributed by atoms with Crippen molar-refractivity contribution in [3.05, 3.63) is 65.2 Å². The molecule has 2 fully saturated rings. The van der Waals surface area contributed by atoms with Crippen LogP contribution >= 0.6 is 11.6 Å². The van der Waals surface area contributed by atoms with Crippen molar-refractivity contribution in [1.29, 1.82) is 0 Å². The summed E-state index contributed by atoms with van der Waals surface area (Å²) in [5, 5.41) is 15.3. The molecule has 0 aromatic heterocycles. The molecule has 9 nitrogen and oxygen atoms in total. The fourth-order valence-corrected chi connectivity index (χ4v) is 5.90. The Hall–Kier alpha value is -2.50. The Labute approximate surface area is 210 Å². The Bertz CT molecular complexity index is 1070. The molecule has 0 amide bonds. The van der Waals surface area contributed by atoms with E-state index in [-0.39, 0.29) is 0 Å². The zero-order valence-corrected chi connectivity index (χ0v) is 20.9. The van der Waals surface area contributed by atoms with Crippen molar-refractivity contribution in [2.45, 2.75) is 30.3 Å². The van der Waals surface area contributed by atoms with Crippen LogP contribution < -0.4 is 0 Å². The SMILES string of the molecule is O=C(O)C(=O)O.O=S(=O)(c1ccc(Cl)cc1)N1CCN(C2CCN(Cc3ccccc3)CC2)CC1. The van der Waals surface area contributed by atoms with E-state index in [2.05, 4.69) is 40.1 Å². The summed E-state index contributed by atoms with van der Waals surface area (Å²) < 4.78 is 27.3. The van der Waals surface area contributed by atoms with Crippen LogP contribution in [0.2, 0.25) is 5.02 Å². The number of likely N-dealkylation sites (tertiary alicyclic amines) is 1. The minimum absolute atomic E-state index is 0.324. The molecule has 2 aliphatic heterocycles. The molecular formula is C24H30ClN3O6S. The van der Waals surface area contributed by atoms with Gasteiger partial charge in [0.25, 0.3) is 0 Å². The zero-order valence-electron chi connectivity index (χ0n) is 19.3. The molecule has 0 spiro atoms. The minimum atomic E-state index is -3.44. The molecule has 2 aromatic carbocycles. The van der Waals surface area contributed by atoms with Gasteiger partial charge >= 0.3 is 11.9 Å². The summed E-state index contributed by atoms with van der Waals surface area (Å²) in [6.45, 7) is 5.92. The number of halogens is 1. The molecule has 4 rings (SSSR count). The van der Waals surface area contributed by atoms with Gasteiger partial charge in [-0.25, -0.2) is 18.0 Å². The fraction of sp³-hybridized carbons (Fsp3) is 0.417. The van der Waals surface area contributed by atoms with Crippen molar-refractivity contribution < 1.29 is 28.2 Å². The molecule has 0 atom stereocenters. The number of piperazine rings is 1. The van der Waals surface area contributed by atoms with Crippen molar-refractivity contribution in [1.82, 2.24) is 14.1 Å². The standard InChI is InChI=1S/C22H28ClN3O2S.C2H2O4/c23-20-6-8-22(9-7-20)29(27,28)26-16-14-25(15-17-26)21-10-12-24(13-11-21)18-19-4-2-1-3-5-19;3-1(4)2(5)6/h1-9,21H,10-18H2;(H,3,4)(H,5,6). The number of hydrogen-bond donors (Lipinski definition) is 2. The van der Waals surface area contributed by atoms with Crippen LogP contribution in [0.3, 0.4) is 0 Å². The summed E-state index contributed by atoms with van der Waals surface area (Å²) in [6.07, 6.45) is 2.30. The number of benzene rings is 2. The first kappa shape index (κ1) is 27.1. The molecule has 0 aliphatic carbocycles. The minimum Gasteiger partial charge on any atom is -0.473 e. The first-order valence-corrected chi connectivity index (χ1v) is 13.2. The third-order valence-corrected chi connectivity index (χ3v) is 8.39. The second-order valence-corrected chi connectivity index (χ2v) is 10.9. The van der Waals surface area contributed by atoms with Crippen LogP contribution in [-0.4, -0.2) is 90.0 Å². The van der Waals surface area contributed by atoms with Gasteiger partial charge in [0.1, 0.15) is 0 Å². The molecule has 2 saturated heterocycles. The highest BCUT2D eigenvalue weighted by Gasteiger charge is 2.32. The predicted molar refractivity (Wildman–Crippen MR) is 132 cm³/mol. The van der Waals surface area contributed by atoms with E-state index in [0.717, 1.165) is 45.6 Å². The van der Waals surface area contributed by atoms with E-state index in [1.165, 1.54) is 5.56 Å². The molecule has 190 valence electrons. The summed E-state index contributed by atoms with van der Waals surface area (Å²) in [5.41, 5.74) is 1.37. The van der Waals surface area contributed by atoms with Crippen molar-refractivity contribution >= 4 is 33.6 Å². The average molecular weight is 524 g/mol. The number of carboxylic acids is 2. The van der Waals surface area contributed by atoms with Crippen LogP contribution in [0, 0.1) is 0 Å². The number of carboxylic acid groups (broad SMARTS) is 2. The molecule has 11 heteroatoms. The Morgan fingerprint density at radius 2 is 1.37 bits per heavy atom. The first-order valence-electron chi connectivity index (χ1n) is 11.4. The molecule has 0 radical (unpaired) electrons. The van der Waals surface area contributed by atoms with Gasteiger partial charge < -0.3 is 10.2 Å². The van der Waals surface area contributed by atoms with Gasteiger partial charge in [-0.05, 0) is 55.8 Å². The van der Waals surface area contributed by atoms with Crippen LogP contribution in [0.25, 0.3) is 0 Å². The second kappa shape index (κ2) is 12.5. The maximum atomic E-state index is 12.9. The molecular weight excluding hydrogens is 494 g/mol. The van der Waals surface area contributed by atoms with Gasteiger partial charge in [-0.15, -0.1) is 0 Å². The summed E-state index contributed by atoms with van der Waals surface area (Å²) in [4.78, 5) is 23.5. The molecule has 2 heterocycles. The Morgan fingerprint density at radius 3 is 1.89 bits per heavy atom. The van der Waals surface area contributed by atoms with E-state index in [4.69, 9.17) is 31.4 Å². The lowest BCUT2D eigenvalue weighted by Gasteiger charge is -2.42. The highest BCUT2D eigenvalue weighted by atomic mass is 35.5. The average Bonchev–Trinajstić information content (AvgIpc) is 2.86. The number of sulfonamides is 1. The van der Waals surface area contributed by atoms with E-state index in [0.29, 0.717) is 29.0 Å². The van der Waals surface area contributed by atoms with Crippen LogP contribution in [0.5, 0.6) is 0 Å². The quantitative estimate of drug-likeness (QED) is 0.574. The zero-order chi connectivity index (χ0) is 25.4. The van der Waals surface area contributed by atoms with Gasteiger partial charge in [0.2, 0.25) is 10.0 Å². The third kappa shape index (κ3) is 7.74. The van der Waals surface area contributed by atoms with Crippen LogP contribution in [0.4, 0.5) is 0 Å². The number of nitrogens with zero attached hydrogens (tertiary/aromatic N) is 3. The highest BCUT2D eigenvalue weighted by molar-refractivity contribution is 7.89. The van der Waals surface area contributed by atoms with Crippen molar-refractivity contribution in [3.8, 4) is 0 Å². The normalized spacial score (nSPS) is 18.4. The molecule has 35 heavy (non-hydrogen) atoms. The van der Waals surface area contributed by atoms with Gasteiger partial charge in [-0.1, -0.05) is 41.9 Å². The predicted octanol–water partition coefficient (Wildman–Crippen LogP) is 2.47. The lowest BCUT2D eigenvalue weighted by Crippen LogP contribution is -2.54. The molecule has 2 aliphatic rings. The summed E-state index contributed by atoms with van der Waals surface area (Å²) >= 11 is 5.89. The van der Waals surface area contributed by atoms with Crippen LogP contribution in [0.15, 0.2) is 59.5 Å². The number of aliphatic carboxylic acids is 2. The Kier molecular flexibility index (Phi) is 9.64. The Balaban J connectivity index is 0.000000509. The van der Waals surface area contributed by atoms with Crippen molar-refractivity contribution in [3.63, 3.8) is 0 Å². The number of carbonyl (C=O) groups is 2. The number of piperidine rings is 1. The largest absolute Gasteiger partial charge is 0.473 e. The first-order chi connectivity index (χ1) is 16.7. The van der Waals surface area contributed by atoms with Gasteiger partial charge in [-0.2, -0.15) is 4.31 Å². The van der Waals surface area contributed by atoms with Gasteiger partial charge in [0.05, 0.1) is 4.90 Å². The highest BCUT2D eigenvalue weighted by Crippen LogP contribution is 2.23. The van der Waals surface area contributed by atoms with Gasteiger partial charge in [0, 0.05) is 43.8 Å². The fourth-order valence-electron chi connectivity index (χ4n) is 4.35. The lowest BCUT2D eigenvalue weighted by atomic mass is 10.0. The van der Waals surface area contributed by atoms with E-state index in [9.17, 15) is 8.42 Å². The number of rotatable bonds is 5. The van der Waals surface area contributed by atoms with E-state index in [1.807, 2.05) is 0 Å². The lowest BCUT2D eigenvalue weighted by molar-refractivity contribution is -0.159. The van der Waals surface area contributed by atoms with Crippen LogP contribution in [0.1, 0.15) is 18.4 Å². The smallest absolute Gasteiger partial charge is 0.414 e. The molecule has 2 aromatic rings. The molecule has 0 saturated carbocycles. The van der Waals surface area contributed by atoms with Gasteiger partial charge in [-0.3, -0.25) is 9.80 Å². The Morgan fingerprint density at radius 1 is 0.829 bits per heavy atom. The van der Waals surface area contributed by atoms with E-state index >= 15 is 0 Å². The van der Waals surface area contributed by atoms with Crippen molar-refractivity contribution in [2.24, 2.45) is 0 Å². The summed E-state index contributed by atoms with van der Waals surface area (Å²) in [7, 11) is -3.44. The second-order valence-electron chi connectivity index (χ2n) is 8.50. The van der Waals surface area contributed by atoms with E-state index in [1.54, 1.807) is 28.6 Å². The molecule has 0 bridgehead atoms. The van der Waals surface area contributed by atoms with Crippen molar-refractivity contribution in [2.75, 3.05) is 39.3 Å². The molecule has 2 N–H and O–H groups in total. The summed E-state index contributed by atoms with van der Waals surface area (Å²) in [5.74, 6) is -3.65. The maximum absolute atomic E-state index is 12.9. The maximum Gasteiger partial charge on any atom is 0.414 e. The summed E-state index contributed by atoms with van der Waals surface area (Å²) in [6, 6.07) is 17.6. The molecule has 0 unspecified atom stereocenters. The monoisotopic (exact) mass is 523 g/mol. The third-order valence-electron chi connectivity index (χ3n) is 6.23. The topological polar surface area (TPSA) is 118 Å². The van der Waals surface area contributed by atoms with Gasteiger partial charge in [0.15, 0.2) is 0 Å². The van der Waals surface area contributed by atoms with E-state index < -0.39 is 22.0 Å². The van der Waals surface area contributed by atoms with Crippen LogP contribution in [-0.2, 0) is 26.2 Å².